The molecule has 0 fully saturated rings. The lowest BCUT2D eigenvalue weighted by Gasteiger charge is -2.30. The van der Waals surface area contributed by atoms with Crippen molar-refractivity contribution in [2.75, 3.05) is 12.4 Å². The topological polar surface area (TPSA) is 92.7 Å². The third kappa shape index (κ3) is 10.9. The van der Waals surface area contributed by atoms with E-state index in [-0.39, 0.29) is 29.5 Å². The predicted molar refractivity (Wildman–Crippen MR) is 97.8 cm³/mol. The molecule has 0 aliphatic rings. The Hall–Kier alpha value is -1.44. The Labute approximate surface area is 150 Å². The summed E-state index contributed by atoms with van der Waals surface area (Å²) in [6.07, 6.45) is 1.57. The third-order valence-corrected chi connectivity index (χ3v) is 4.72. The second-order valence-electron chi connectivity index (χ2n) is 7.13. The first-order valence-electron chi connectivity index (χ1n) is 8.41. The summed E-state index contributed by atoms with van der Waals surface area (Å²) in [6, 6.07) is 9.61. The lowest BCUT2D eigenvalue weighted by molar-refractivity contribution is -0.119. The van der Waals surface area contributed by atoms with Crippen molar-refractivity contribution in [3.63, 3.8) is 0 Å². The zero-order chi connectivity index (χ0) is 18.9. The SMILES string of the molecule is CC(=O)NC(CCS(=O)(=O)O)CC(C)(C)CCOCc1ccccc1. The van der Waals surface area contributed by atoms with E-state index in [2.05, 4.69) is 19.2 Å². The second kappa shape index (κ2) is 9.89. The number of hydrogen-bond donors (Lipinski definition) is 2. The summed E-state index contributed by atoms with van der Waals surface area (Å²) in [5, 5.41) is 2.77. The van der Waals surface area contributed by atoms with Gasteiger partial charge >= 0.3 is 0 Å². The van der Waals surface area contributed by atoms with Crippen LogP contribution in [0.2, 0.25) is 0 Å². The minimum atomic E-state index is -4.04. The van der Waals surface area contributed by atoms with Gasteiger partial charge in [0.2, 0.25) is 5.91 Å². The van der Waals surface area contributed by atoms with E-state index in [9.17, 15) is 13.2 Å². The van der Waals surface area contributed by atoms with Crippen LogP contribution >= 0.6 is 0 Å². The molecule has 1 aromatic rings. The molecule has 6 nitrogen and oxygen atoms in total. The molecule has 0 aliphatic carbocycles. The minimum absolute atomic E-state index is 0.136. The van der Waals surface area contributed by atoms with Crippen molar-refractivity contribution in [3.05, 3.63) is 35.9 Å². The van der Waals surface area contributed by atoms with Gasteiger partial charge in [-0.3, -0.25) is 9.35 Å². The molecule has 0 radical (unpaired) electrons. The van der Waals surface area contributed by atoms with Crippen LogP contribution < -0.4 is 5.32 Å². The fraction of sp³-hybridized carbons (Fsp3) is 0.611. The van der Waals surface area contributed by atoms with E-state index in [0.717, 1.165) is 12.0 Å². The van der Waals surface area contributed by atoms with Gasteiger partial charge < -0.3 is 10.1 Å². The lowest BCUT2D eigenvalue weighted by Crippen LogP contribution is -2.38. The van der Waals surface area contributed by atoms with Gasteiger partial charge in [0.25, 0.3) is 10.1 Å². The summed E-state index contributed by atoms with van der Waals surface area (Å²) >= 11 is 0. The Balaban J connectivity index is 2.45. The van der Waals surface area contributed by atoms with Gasteiger partial charge in [0, 0.05) is 19.6 Å². The van der Waals surface area contributed by atoms with Gasteiger partial charge in [-0.05, 0) is 30.2 Å². The largest absolute Gasteiger partial charge is 0.377 e. The molecule has 142 valence electrons. The molecule has 1 atom stereocenters. The summed E-state index contributed by atoms with van der Waals surface area (Å²) in [5.74, 6) is -0.574. The number of amides is 1. The molecule has 1 unspecified atom stereocenters. The Bertz CT molecular complexity index is 628. The maximum absolute atomic E-state index is 11.3. The Morgan fingerprint density at radius 3 is 2.48 bits per heavy atom. The molecule has 0 bridgehead atoms. The molecule has 1 rings (SSSR count). The highest BCUT2D eigenvalue weighted by atomic mass is 32.2. The standard InChI is InChI=1S/C18H29NO5S/c1-15(20)19-17(9-12-25(21,22)23)13-18(2,3)10-11-24-14-16-7-5-4-6-8-16/h4-8,17H,9-14H2,1-3H3,(H,19,20)(H,21,22,23). The Kier molecular flexibility index (Phi) is 8.55. The second-order valence-corrected chi connectivity index (χ2v) is 8.70. The van der Waals surface area contributed by atoms with Crippen molar-refractivity contribution in [2.45, 2.75) is 52.7 Å². The highest BCUT2D eigenvalue weighted by Gasteiger charge is 2.25. The monoisotopic (exact) mass is 371 g/mol. The van der Waals surface area contributed by atoms with Gasteiger partial charge in [-0.1, -0.05) is 44.2 Å². The average Bonchev–Trinajstić information content (AvgIpc) is 2.49. The van der Waals surface area contributed by atoms with E-state index in [4.69, 9.17) is 9.29 Å². The minimum Gasteiger partial charge on any atom is -0.377 e. The first-order chi connectivity index (χ1) is 11.6. The summed E-state index contributed by atoms with van der Waals surface area (Å²) in [6.45, 7) is 6.64. The number of benzene rings is 1. The average molecular weight is 371 g/mol. The molecular formula is C18H29NO5S. The van der Waals surface area contributed by atoms with E-state index >= 15 is 0 Å². The van der Waals surface area contributed by atoms with Gasteiger partial charge in [0.05, 0.1) is 12.4 Å². The van der Waals surface area contributed by atoms with Gasteiger partial charge in [-0.25, -0.2) is 0 Å². The van der Waals surface area contributed by atoms with Gasteiger partial charge in [-0.15, -0.1) is 0 Å². The van der Waals surface area contributed by atoms with Crippen LogP contribution in [-0.4, -0.2) is 37.3 Å². The van der Waals surface area contributed by atoms with E-state index in [0.29, 0.717) is 19.6 Å². The fourth-order valence-electron chi connectivity index (χ4n) is 2.69. The maximum Gasteiger partial charge on any atom is 0.264 e. The van der Waals surface area contributed by atoms with E-state index in [1.165, 1.54) is 6.92 Å². The van der Waals surface area contributed by atoms with Crippen molar-refractivity contribution in [1.82, 2.24) is 5.32 Å². The molecule has 0 saturated carbocycles. The zero-order valence-electron chi connectivity index (χ0n) is 15.2. The molecule has 25 heavy (non-hydrogen) atoms. The number of carbonyl (C=O) groups is 1. The van der Waals surface area contributed by atoms with Crippen LogP contribution in [0.15, 0.2) is 30.3 Å². The van der Waals surface area contributed by atoms with Gasteiger partial charge in [-0.2, -0.15) is 8.42 Å². The van der Waals surface area contributed by atoms with Crippen molar-refractivity contribution in [1.29, 1.82) is 0 Å². The van der Waals surface area contributed by atoms with Crippen LogP contribution in [0.4, 0.5) is 0 Å². The van der Waals surface area contributed by atoms with Crippen molar-refractivity contribution in [3.8, 4) is 0 Å². The fourth-order valence-corrected chi connectivity index (χ4v) is 3.27. The number of carbonyl (C=O) groups excluding carboxylic acids is 1. The van der Waals surface area contributed by atoms with Crippen molar-refractivity contribution in [2.24, 2.45) is 5.41 Å². The van der Waals surface area contributed by atoms with Crippen molar-refractivity contribution < 1.29 is 22.5 Å². The Morgan fingerprint density at radius 2 is 1.92 bits per heavy atom. The van der Waals surface area contributed by atoms with Crippen LogP contribution in [0, 0.1) is 5.41 Å². The highest BCUT2D eigenvalue weighted by Crippen LogP contribution is 2.28. The molecule has 0 heterocycles. The molecule has 1 amide bonds. The summed E-state index contributed by atoms with van der Waals surface area (Å²) in [7, 11) is -4.04. The normalized spacial score (nSPS) is 13.4. The van der Waals surface area contributed by atoms with Gasteiger partial charge in [0.1, 0.15) is 0 Å². The van der Waals surface area contributed by atoms with E-state index in [1.54, 1.807) is 0 Å². The summed E-state index contributed by atoms with van der Waals surface area (Å²) in [4.78, 5) is 11.3. The van der Waals surface area contributed by atoms with Crippen LogP contribution in [0.3, 0.4) is 0 Å². The van der Waals surface area contributed by atoms with Crippen LogP contribution in [0.25, 0.3) is 0 Å². The molecular weight excluding hydrogens is 342 g/mol. The smallest absolute Gasteiger partial charge is 0.264 e. The summed E-state index contributed by atoms with van der Waals surface area (Å²) in [5.41, 5.74) is 0.979. The molecule has 0 spiro atoms. The molecule has 1 aromatic carbocycles. The highest BCUT2D eigenvalue weighted by molar-refractivity contribution is 7.85. The lowest BCUT2D eigenvalue weighted by atomic mass is 9.82. The third-order valence-electron chi connectivity index (χ3n) is 3.97. The molecule has 7 heteroatoms. The molecule has 0 saturated heterocycles. The first-order valence-corrected chi connectivity index (χ1v) is 10.0. The van der Waals surface area contributed by atoms with E-state index < -0.39 is 10.1 Å². The molecule has 0 aromatic heterocycles. The van der Waals surface area contributed by atoms with Crippen LogP contribution in [-0.2, 0) is 26.3 Å². The number of nitrogens with one attached hydrogen (secondary N) is 1. The summed E-state index contributed by atoms with van der Waals surface area (Å²) < 4.78 is 36.5. The Morgan fingerprint density at radius 1 is 1.28 bits per heavy atom. The van der Waals surface area contributed by atoms with Crippen molar-refractivity contribution >= 4 is 16.0 Å². The van der Waals surface area contributed by atoms with Crippen LogP contribution in [0.5, 0.6) is 0 Å². The molecule has 0 aliphatic heterocycles. The van der Waals surface area contributed by atoms with Gasteiger partial charge in [0.15, 0.2) is 0 Å². The number of hydrogen-bond acceptors (Lipinski definition) is 4. The number of rotatable bonds is 11. The first kappa shape index (κ1) is 21.6. The maximum atomic E-state index is 11.3. The number of ether oxygens (including phenoxy) is 1. The molecule has 2 N–H and O–H groups in total. The quantitative estimate of drug-likeness (QED) is 0.461. The van der Waals surface area contributed by atoms with Crippen LogP contribution in [0.1, 0.15) is 45.6 Å². The predicted octanol–water partition coefficient (Wildman–Crippen LogP) is 2.79. The van der Waals surface area contributed by atoms with E-state index in [1.807, 2.05) is 30.3 Å². The zero-order valence-corrected chi connectivity index (χ0v) is 16.0.